The Morgan fingerprint density at radius 3 is 2.45 bits per heavy atom. The van der Waals surface area contributed by atoms with E-state index >= 15 is 0 Å². The molecule has 1 saturated heterocycles. The lowest BCUT2D eigenvalue weighted by Crippen LogP contribution is -2.35. The zero-order valence-corrected chi connectivity index (χ0v) is 7.63. The van der Waals surface area contributed by atoms with Gasteiger partial charge in [0, 0.05) is 6.42 Å². The van der Waals surface area contributed by atoms with Gasteiger partial charge in [-0.1, -0.05) is 20.8 Å². The van der Waals surface area contributed by atoms with E-state index < -0.39 is 5.60 Å². The van der Waals surface area contributed by atoms with Gasteiger partial charge in [0.1, 0.15) is 0 Å². The second-order valence-corrected chi connectivity index (χ2v) is 3.77. The predicted molar refractivity (Wildman–Crippen MR) is 44.4 cm³/mol. The predicted octanol–water partition coefficient (Wildman–Crippen LogP) is 1.57. The second-order valence-electron chi connectivity index (χ2n) is 3.77. The van der Waals surface area contributed by atoms with E-state index in [1.807, 2.05) is 6.92 Å². The molecule has 2 atom stereocenters. The van der Waals surface area contributed by atoms with Crippen molar-refractivity contribution in [3.8, 4) is 0 Å². The van der Waals surface area contributed by atoms with Gasteiger partial charge in [0.15, 0.2) is 0 Å². The van der Waals surface area contributed by atoms with Crippen molar-refractivity contribution in [1.82, 2.24) is 0 Å². The van der Waals surface area contributed by atoms with Crippen LogP contribution in [0.3, 0.4) is 0 Å². The molecular weight excluding hydrogens is 140 g/mol. The summed E-state index contributed by atoms with van der Waals surface area (Å²) in [5.74, 6) is 0.330. The molecule has 1 aliphatic rings. The van der Waals surface area contributed by atoms with Gasteiger partial charge in [-0.25, -0.2) is 0 Å². The summed E-state index contributed by atoms with van der Waals surface area (Å²) >= 11 is 0. The van der Waals surface area contributed by atoms with Crippen LogP contribution in [0.15, 0.2) is 0 Å². The molecule has 1 N–H and O–H groups in total. The standard InChI is InChI=1S/C9H18O2/c1-4-9(10,7(2)3)5-8-6-11-8/h7-8,10H,4-6H2,1-3H3. The van der Waals surface area contributed by atoms with E-state index in [4.69, 9.17) is 4.74 Å². The summed E-state index contributed by atoms with van der Waals surface area (Å²) in [4.78, 5) is 0. The molecule has 2 nitrogen and oxygen atoms in total. The first-order valence-electron chi connectivity index (χ1n) is 4.42. The summed E-state index contributed by atoms with van der Waals surface area (Å²) in [5.41, 5.74) is -0.499. The zero-order valence-electron chi connectivity index (χ0n) is 7.63. The molecule has 1 rings (SSSR count). The molecule has 0 spiro atoms. The maximum absolute atomic E-state index is 10.0. The van der Waals surface area contributed by atoms with Crippen molar-refractivity contribution in [2.24, 2.45) is 5.92 Å². The monoisotopic (exact) mass is 158 g/mol. The van der Waals surface area contributed by atoms with Crippen molar-refractivity contribution in [3.63, 3.8) is 0 Å². The van der Waals surface area contributed by atoms with Gasteiger partial charge >= 0.3 is 0 Å². The molecule has 0 aromatic rings. The molecule has 0 aliphatic carbocycles. The Balaban J connectivity index is 2.42. The molecule has 1 fully saturated rings. The van der Waals surface area contributed by atoms with Gasteiger partial charge in [-0.2, -0.15) is 0 Å². The molecule has 0 saturated carbocycles. The molecule has 1 heterocycles. The number of rotatable bonds is 4. The van der Waals surface area contributed by atoms with Crippen LogP contribution in [0.25, 0.3) is 0 Å². The SMILES string of the molecule is CCC(O)(CC1CO1)C(C)C. The van der Waals surface area contributed by atoms with E-state index in [1.165, 1.54) is 0 Å². The van der Waals surface area contributed by atoms with E-state index in [2.05, 4.69) is 13.8 Å². The summed E-state index contributed by atoms with van der Waals surface area (Å²) in [7, 11) is 0. The summed E-state index contributed by atoms with van der Waals surface area (Å²) < 4.78 is 5.10. The fraction of sp³-hybridized carbons (Fsp3) is 1.00. The van der Waals surface area contributed by atoms with Crippen LogP contribution >= 0.6 is 0 Å². The topological polar surface area (TPSA) is 32.8 Å². The number of hydrogen-bond acceptors (Lipinski definition) is 2. The third kappa shape index (κ3) is 2.17. The van der Waals surface area contributed by atoms with Gasteiger partial charge in [0.05, 0.1) is 18.3 Å². The molecule has 11 heavy (non-hydrogen) atoms. The average molecular weight is 158 g/mol. The van der Waals surface area contributed by atoms with E-state index in [-0.39, 0.29) is 0 Å². The third-order valence-electron chi connectivity index (χ3n) is 2.67. The molecule has 0 aromatic carbocycles. The lowest BCUT2D eigenvalue weighted by atomic mass is 9.84. The Kier molecular flexibility index (Phi) is 2.55. The van der Waals surface area contributed by atoms with Crippen molar-refractivity contribution in [2.75, 3.05) is 6.61 Å². The summed E-state index contributed by atoms with van der Waals surface area (Å²) in [6.07, 6.45) is 1.97. The minimum atomic E-state index is -0.499. The van der Waals surface area contributed by atoms with Crippen LogP contribution in [0.1, 0.15) is 33.6 Å². The summed E-state index contributed by atoms with van der Waals surface area (Å²) in [6, 6.07) is 0. The van der Waals surface area contributed by atoms with Gasteiger partial charge < -0.3 is 9.84 Å². The van der Waals surface area contributed by atoms with E-state index in [9.17, 15) is 5.11 Å². The van der Waals surface area contributed by atoms with Gasteiger partial charge in [-0.05, 0) is 12.3 Å². The first-order chi connectivity index (χ1) is 5.08. The molecule has 0 radical (unpaired) electrons. The summed E-state index contributed by atoms with van der Waals surface area (Å²) in [6.45, 7) is 7.00. The number of hydrogen-bond donors (Lipinski definition) is 1. The Morgan fingerprint density at radius 2 is 2.18 bits per heavy atom. The first-order valence-corrected chi connectivity index (χ1v) is 4.42. The van der Waals surface area contributed by atoms with Gasteiger partial charge in [0.25, 0.3) is 0 Å². The quantitative estimate of drug-likeness (QED) is 0.630. The van der Waals surface area contributed by atoms with Crippen molar-refractivity contribution < 1.29 is 9.84 Å². The number of ether oxygens (including phenoxy) is 1. The van der Waals surface area contributed by atoms with Crippen molar-refractivity contribution in [1.29, 1.82) is 0 Å². The van der Waals surface area contributed by atoms with Gasteiger partial charge in [-0.15, -0.1) is 0 Å². The van der Waals surface area contributed by atoms with Crippen LogP contribution in [0.5, 0.6) is 0 Å². The molecule has 66 valence electrons. The average Bonchev–Trinajstić information content (AvgIpc) is 2.71. The first kappa shape index (κ1) is 9.01. The lowest BCUT2D eigenvalue weighted by molar-refractivity contribution is -0.0221. The minimum absolute atomic E-state index is 0.330. The Hall–Kier alpha value is -0.0800. The van der Waals surface area contributed by atoms with Gasteiger partial charge in [0.2, 0.25) is 0 Å². The molecule has 0 aromatic heterocycles. The lowest BCUT2D eigenvalue weighted by Gasteiger charge is -2.30. The number of aliphatic hydroxyl groups is 1. The smallest absolute Gasteiger partial charge is 0.0837 e. The molecule has 0 bridgehead atoms. The molecule has 2 unspecified atom stereocenters. The fourth-order valence-electron chi connectivity index (χ4n) is 1.37. The zero-order chi connectivity index (χ0) is 8.48. The van der Waals surface area contributed by atoms with Crippen molar-refractivity contribution >= 4 is 0 Å². The largest absolute Gasteiger partial charge is 0.390 e. The second kappa shape index (κ2) is 3.11. The van der Waals surface area contributed by atoms with Crippen LogP contribution in [-0.4, -0.2) is 23.4 Å². The Morgan fingerprint density at radius 1 is 1.64 bits per heavy atom. The van der Waals surface area contributed by atoms with Crippen LogP contribution in [0, 0.1) is 5.92 Å². The minimum Gasteiger partial charge on any atom is -0.390 e. The van der Waals surface area contributed by atoms with Crippen LogP contribution in [-0.2, 0) is 4.74 Å². The van der Waals surface area contributed by atoms with Crippen LogP contribution in [0.2, 0.25) is 0 Å². The van der Waals surface area contributed by atoms with Crippen LogP contribution in [0.4, 0.5) is 0 Å². The Bertz CT molecular complexity index is 130. The van der Waals surface area contributed by atoms with E-state index in [0.29, 0.717) is 12.0 Å². The molecule has 1 aliphatic heterocycles. The molecular formula is C9H18O2. The van der Waals surface area contributed by atoms with E-state index in [1.54, 1.807) is 0 Å². The highest BCUT2D eigenvalue weighted by atomic mass is 16.6. The normalized spacial score (nSPS) is 28.6. The highest BCUT2D eigenvalue weighted by Crippen LogP contribution is 2.31. The van der Waals surface area contributed by atoms with Crippen molar-refractivity contribution in [3.05, 3.63) is 0 Å². The van der Waals surface area contributed by atoms with Gasteiger partial charge in [-0.3, -0.25) is 0 Å². The van der Waals surface area contributed by atoms with Crippen molar-refractivity contribution in [2.45, 2.75) is 45.3 Å². The van der Waals surface area contributed by atoms with Crippen LogP contribution < -0.4 is 0 Å². The molecule has 2 heteroatoms. The number of epoxide rings is 1. The highest BCUT2D eigenvalue weighted by molar-refractivity contribution is 4.87. The highest BCUT2D eigenvalue weighted by Gasteiger charge is 2.37. The third-order valence-corrected chi connectivity index (χ3v) is 2.67. The maximum atomic E-state index is 10.0. The fourth-order valence-corrected chi connectivity index (χ4v) is 1.37. The summed E-state index contributed by atoms with van der Waals surface area (Å²) in [5, 5.41) is 10.0. The Labute approximate surface area is 68.6 Å². The van der Waals surface area contributed by atoms with E-state index in [0.717, 1.165) is 19.4 Å². The molecule has 0 amide bonds. The maximum Gasteiger partial charge on any atom is 0.0837 e.